The van der Waals surface area contributed by atoms with Crippen molar-refractivity contribution < 1.29 is 19.1 Å². The van der Waals surface area contributed by atoms with Crippen molar-refractivity contribution >= 4 is 30.1 Å². The zero-order chi connectivity index (χ0) is 24.9. The third kappa shape index (κ3) is 15.2. The zero-order valence-corrected chi connectivity index (χ0v) is 21.8. The van der Waals surface area contributed by atoms with Gasteiger partial charge in [-0.15, -0.1) is 12.4 Å². The summed E-state index contributed by atoms with van der Waals surface area (Å²) in [5.41, 5.74) is 9.44. The molecular weight excluding hydrogens is 452 g/mol. The number of Topliss-reactive ketones (excluding diaryl/α,β-unsaturated/α-hetero) is 2. The molecule has 1 amide bonds. The number of carbonyl (C=O) groups is 3. The largest absolute Gasteiger partial charge is 0.444 e. The molecule has 2 aromatic carbocycles. The predicted molar refractivity (Wildman–Crippen MR) is 139 cm³/mol. The average molecular weight is 491 g/mol. The molecule has 0 heterocycles. The molecule has 0 atom stereocenters. The van der Waals surface area contributed by atoms with E-state index in [1.165, 1.54) is 5.56 Å². The van der Waals surface area contributed by atoms with E-state index in [4.69, 9.17) is 10.5 Å². The van der Waals surface area contributed by atoms with Gasteiger partial charge in [-0.1, -0.05) is 48.5 Å². The van der Waals surface area contributed by atoms with Crippen LogP contribution in [0.15, 0.2) is 48.5 Å². The number of alkyl carbamates (subject to hydrolysis) is 1. The number of aryl methyl sites for hydroxylation is 2. The highest BCUT2D eigenvalue weighted by molar-refractivity contribution is 5.85. The molecule has 0 bridgehead atoms. The van der Waals surface area contributed by atoms with Gasteiger partial charge in [-0.25, -0.2) is 4.79 Å². The van der Waals surface area contributed by atoms with Crippen LogP contribution in [0.5, 0.6) is 0 Å². The van der Waals surface area contributed by atoms with Crippen LogP contribution in [0.4, 0.5) is 4.79 Å². The van der Waals surface area contributed by atoms with Crippen molar-refractivity contribution in [1.29, 1.82) is 0 Å². The summed E-state index contributed by atoms with van der Waals surface area (Å²) in [5.74, 6) is 0.434. The van der Waals surface area contributed by atoms with Crippen LogP contribution in [-0.2, 0) is 40.3 Å². The van der Waals surface area contributed by atoms with E-state index in [1.807, 2.05) is 69.3 Å². The van der Waals surface area contributed by atoms with Gasteiger partial charge in [0, 0.05) is 25.9 Å². The number of rotatable bonds is 9. The summed E-state index contributed by atoms with van der Waals surface area (Å²) in [7, 11) is 0. The number of halogens is 1. The molecule has 2 rings (SSSR count). The maximum absolute atomic E-state index is 11.5. The number of hydrogen-bond donors (Lipinski definition) is 2. The Bertz CT molecular complexity index is 888. The molecule has 0 saturated carbocycles. The number of amides is 1. The fourth-order valence-electron chi connectivity index (χ4n) is 2.79. The number of carbonyl (C=O) groups excluding carboxylic acids is 3. The van der Waals surface area contributed by atoms with Gasteiger partial charge in [-0.05, 0) is 69.7 Å². The molecule has 3 N–H and O–H groups in total. The maximum Gasteiger partial charge on any atom is 0.407 e. The minimum atomic E-state index is -0.485. The zero-order valence-electron chi connectivity index (χ0n) is 21.0. The molecular formula is C27H39ClN2O4. The van der Waals surface area contributed by atoms with Crippen molar-refractivity contribution in [3.8, 4) is 0 Å². The van der Waals surface area contributed by atoms with Gasteiger partial charge in [-0.3, -0.25) is 0 Å². The van der Waals surface area contributed by atoms with Gasteiger partial charge < -0.3 is 25.4 Å². The molecule has 34 heavy (non-hydrogen) atoms. The van der Waals surface area contributed by atoms with Gasteiger partial charge >= 0.3 is 6.09 Å². The molecule has 2 aromatic rings. The van der Waals surface area contributed by atoms with Crippen LogP contribution in [0.2, 0.25) is 0 Å². The molecule has 0 aromatic heterocycles. The van der Waals surface area contributed by atoms with E-state index in [-0.39, 0.29) is 24.0 Å². The lowest BCUT2D eigenvalue weighted by molar-refractivity contribution is -0.117. The minimum Gasteiger partial charge on any atom is -0.444 e. The quantitative estimate of drug-likeness (QED) is 0.495. The molecule has 0 aliphatic carbocycles. The second kappa shape index (κ2) is 16.0. The summed E-state index contributed by atoms with van der Waals surface area (Å²) in [6, 6.07) is 15.9. The van der Waals surface area contributed by atoms with Crippen LogP contribution in [0.3, 0.4) is 0 Å². The van der Waals surface area contributed by atoms with Gasteiger partial charge in [-0.2, -0.15) is 0 Å². The lowest BCUT2D eigenvalue weighted by Gasteiger charge is -2.19. The molecule has 0 fully saturated rings. The van der Waals surface area contributed by atoms with Gasteiger partial charge in [0.15, 0.2) is 0 Å². The highest BCUT2D eigenvalue weighted by Gasteiger charge is 2.15. The third-order valence-corrected chi connectivity index (χ3v) is 4.65. The monoisotopic (exact) mass is 490 g/mol. The molecule has 188 valence electrons. The number of hydrogen-bond acceptors (Lipinski definition) is 5. The Morgan fingerprint density at radius 3 is 1.50 bits per heavy atom. The van der Waals surface area contributed by atoms with Gasteiger partial charge in [0.1, 0.15) is 17.2 Å². The second-order valence-electron chi connectivity index (χ2n) is 9.10. The molecule has 0 aliphatic heterocycles. The number of ether oxygens (including phenoxy) is 1. The Morgan fingerprint density at radius 1 is 0.765 bits per heavy atom. The first-order chi connectivity index (χ1) is 15.5. The number of ketones is 2. The Labute approximate surface area is 210 Å². The summed E-state index contributed by atoms with van der Waals surface area (Å²) in [4.78, 5) is 33.1. The first kappa shape index (κ1) is 31.3. The summed E-state index contributed by atoms with van der Waals surface area (Å²) >= 11 is 0. The predicted octanol–water partition coefficient (Wildman–Crippen LogP) is 5.32. The van der Waals surface area contributed by atoms with Crippen molar-refractivity contribution in [1.82, 2.24) is 5.32 Å². The van der Waals surface area contributed by atoms with Crippen LogP contribution >= 0.6 is 12.4 Å². The minimum absolute atomic E-state index is 0. The fraction of sp³-hybridized carbons (Fsp3) is 0.444. The fourth-order valence-corrected chi connectivity index (χ4v) is 2.79. The van der Waals surface area contributed by atoms with E-state index in [1.54, 1.807) is 13.8 Å². The summed E-state index contributed by atoms with van der Waals surface area (Å²) < 4.78 is 5.16. The average Bonchev–Trinajstić information content (AvgIpc) is 2.75. The first-order valence-corrected chi connectivity index (χ1v) is 11.3. The molecule has 6 nitrogen and oxygen atoms in total. The summed E-state index contributed by atoms with van der Waals surface area (Å²) in [6.45, 7) is 9.71. The Hall–Kier alpha value is -2.70. The Morgan fingerprint density at radius 2 is 1.15 bits per heavy atom. The van der Waals surface area contributed by atoms with Crippen molar-refractivity contribution in [2.45, 2.75) is 79.0 Å². The van der Waals surface area contributed by atoms with Crippen LogP contribution in [0.1, 0.15) is 69.7 Å². The SMILES string of the molecule is CC(=O)CCc1ccc(CN)cc1.CC(=O)CCc1ccc(CNC(=O)OC(C)(C)C)cc1.Cl. The van der Waals surface area contributed by atoms with Gasteiger partial charge in [0.2, 0.25) is 0 Å². The van der Waals surface area contributed by atoms with E-state index in [2.05, 4.69) is 5.32 Å². The van der Waals surface area contributed by atoms with Crippen molar-refractivity contribution in [3.05, 3.63) is 70.8 Å². The highest BCUT2D eigenvalue weighted by Crippen LogP contribution is 2.09. The van der Waals surface area contributed by atoms with Crippen LogP contribution < -0.4 is 11.1 Å². The molecule has 0 aliphatic rings. The molecule has 0 saturated heterocycles. The standard InChI is InChI=1S/C16H23NO3.C11H15NO.ClH/c1-12(18)5-6-13-7-9-14(10-8-13)11-17-15(19)20-16(2,3)4;1-9(13)2-3-10-4-6-11(8-12)7-5-10;/h7-10H,5-6,11H2,1-4H3,(H,17,19);4-7H,2-3,8,12H2,1H3;1H. The maximum atomic E-state index is 11.5. The van der Waals surface area contributed by atoms with Crippen molar-refractivity contribution in [2.75, 3.05) is 0 Å². The number of nitrogens with two attached hydrogens (primary N) is 1. The lowest BCUT2D eigenvalue weighted by atomic mass is 10.1. The third-order valence-electron chi connectivity index (χ3n) is 4.65. The Balaban J connectivity index is 0.000000676. The number of benzene rings is 2. The van der Waals surface area contributed by atoms with Crippen LogP contribution in [0.25, 0.3) is 0 Å². The Kier molecular flexibility index (Phi) is 14.7. The topological polar surface area (TPSA) is 98.5 Å². The van der Waals surface area contributed by atoms with E-state index in [0.29, 0.717) is 25.9 Å². The highest BCUT2D eigenvalue weighted by atomic mass is 35.5. The summed E-state index contributed by atoms with van der Waals surface area (Å²) in [6.07, 6.45) is 2.37. The molecule has 0 spiro atoms. The lowest BCUT2D eigenvalue weighted by Crippen LogP contribution is -2.32. The second-order valence-corrected chi connectivity index (χ2v) is 9.10. The van der Waals surface area contributed by atoms with E-state index < -0.39 is 11.7 Å². The van der Waals surface area contributed by atoms with Crippen LogP contribution in [-0.4, -0.2) is 23.3 Å². The van der Waals surface area contributed by atoms with E-state index >= 15 is 0 Å². The molecule has 7 heteroatoms. The van der Waals surface area contributed by atoms with Crippen molar-refractivity contribution in [3.63, 3.8) is 0 Å². The molecule has 0 unspecified atom stereocenters. The van der Waals surface area contributed by atoms with Gasteiger partial charge in [0.05, 0.1) is 0 Å². The van der Waals surface area contributed by atoms with Crippen molar-refractivity contribution in [2.24, 2.45) is 5.73 Å². The smallest absolute Gasteiger partial charge is 0.407 e. The van der Waals surface area contributed by atoms with Gasteiger partial charge in [0.25, 0.3) is 0 Å². The number of nitrogens with one attached hydrogen (secondary N) is 1. The normalized spacial score (nSPS) is 10.3. The van der Waals surface area contributed by atoms with E-state index in [9.17, 15) is 14.4 Å². The first-order valence-electron chi connectivity index (χ1n) is 11.3. The van der Waals surface area contributed by atoms with Crippen LogP contribution in [0, 0.1) is 0 Å². The van der Waals surface area contributed by atoms with E-state index in [0.717, 1.165) is 29.5 Å². The molecule has 0 radical (unpaired) electrons. The summed E-state index contributed by atoms with van der Waals surface area (Å²) in [5, 5.41) is 2.71.